The van der Waals surface area contributed by atoms with Crippen molar-refractivity contribution in [2.45, 2.75) is 12.8 Å². The van der Waals surface area contributed by atoms with Gasteiger partial charge in [-0.2, -0.15) is 0 Å². The lowest BCUT2D eigenvalue weighted by atomic mass is 9.97. The second-order valence-electron chi connectivity index (χ2n) is 5.28. The first kappa shape index (κ1) is 15.7. The number of nitrogens with one attached hydrogen (secondary N) is 1. The monoisotopic (exact) mass is 293 g/mol. The Bertz CT molecular complexity index is 460. The lowest BCUT2D eigenvalue weighted by molar-refractivity contribution is 0.0922. The maximum atomic E-state index is 12.0. The van der Waals surface area contributed by atoms with E-state index in [4.69, 9.17) is 10.5 Å². The fraction of sp³-hybridized carbons (Fsp3) is 0.643. The summed E-state index contributed by atoms with van der Waals surface area (Å²) in [5, 5.41) is 2.90. The Morgan fingerprint density at radius 3 is 2.81 bits per heavy atom. The summed E-state index contributed by atoms with van der Waals surface area (Å²) >= 11 is 0. The Morgan fingerprint density at radius 2 is 2.14 bits per heavy atom. The number of hydrogen-bond acceptors (Lipinski definition) is 6. The van der Waals surface area contributed by atoms with E-state index >= 15 is 0 Å². The molecule has 1 aliphatic rings. The first-order valence-corrected chi connectivity index (χ1v) is 7.26. The van der Waals surface area contributed by atoms with Crippen LogP contribution >= 0.6 is 0 Å². The lowest BCUT2D eigenvalue weighted by Gasteiger charge is -2.31. The van der Waals surface area contributed by atoms with Crippen molar-refractivity contribution in [3.05, 3.63) is 18.1 Å². The third kappa shape index (κ3) is 4.64. The standard InChI is InChI=1S/C14H23N5O2/c1-21-9-8-19-6-2-11(3-7-19)10-18-14(20)12-13(15)17-5-4-16-12/h4-5,11H,2-3,6-10H2,1H3,(H2,15,17)(H,18,20). The van der Waals surface area contributed by atoms with E-state index in [0.717, 1.165) is 39.1 Å². The number of nitrogens with zero attached hydrogens (tertiary/aromatic N) is 3. The predicted molar refractivity (Wildman–Crippen MR) is 79.8 cm³/mol. The molecule has 1 aromatic heterocycles. The number of piperidine rings is 1. The van der Waals surface area contributed by atoms with Crippen LogP contribution in [0.4, 0.5) is 5.82 Å². The van der Waals surface area contributed by atoms with Crippen LogP contribution in [0.2, 0.25) is 0 Å². The van der Waals surface area contributed by atoms with Gasteiger partial charge in [0.2, 0.25) is 0 Å². The smallest absolute Gasteiger partial charge is 0.273 e. The third-order valence-corrected chi connectivity index (χ3v) is 3.81. The largest absolute Gasteiger partial charge is 0.383 e. The second-order valence-corrected chi connectivity index (χ2v) is 5.28. The Labute approximate surface area is 124 Å². The predicted octanol–water partition coefficient (Wildman–Crippen LogP) is 0.147. The minimum Gasteiger partial charge on any atom is -0.383 e. The summed E-state index contributed by atoms with van der Waals surface area (Å²) in [5.74, 6) is 0.428. The van der Waals surface area contributed by atoms with Gasteiger partial charge in [0.25, 0.3) is 5.91 Å². The summed E-state index contributed by atoms with van der Waals surface area (Å²) in [6, 6.07) is 0. The van der Waals surface area contributed by atoms with E-state index in [-0.39, 0.29) is 17.4 Å². The van der Waals surface area contributed by atoms with Crippen LogP contribution in [0.1, 0.15) is 23.3 Å². The van der Waals surface area contributed by atoms with Crippen molar-refractivity contribution in [2.75, 3.05) is 45.6 Å². The average Bonchev–Trinajstić information content (AvgIpc) is 2.52. The first-order chi connectivity index (χ1) is 10.2. The van der Waals surface area contributed by atoms with E-state index in [1.165, 1.54) is 12.4 Å². The van der Waals surface area contributed by atoms with Gasteiger partial charge < -0.3 is 20.7 Å². The fourth-order valence-electron chi connectivity index (χ4n) is 2.48. The minimum absolute atomic E-state index is 0.171. The molecule has 1 aliphatic heterocycles. The van der Waals surface area contributed by atoms with Gasteiger partial charge in [-0.05, 0) is 31.8 Å². The zero-order chi connectivity index (χ0) is 15.1. The molecule has 0 aliphatic carbocycles. The average molecular weight is 293 g/mol. The molecule has 0 aromatic carbocycles. The molecule has 0 atom stereocenters. The number of methoxy groups -OCH3 is 1. The number of anilines is 1. The van der Waals surface area contributed by atoms with Crippen molar-refractivity contribution in [2.24, 2.45) is 5.92 Å². The topological polar surface area (TPSA) is 93.4 Å². The molecule has 3 N–H and O–H groups in total. The van der Waals surface area contributed by atoms with Crippen molar-refractivity contribution < 1.29 is 9.53 Å². The summed E-state index contributed by atoms with van der Waals surface area (Å²) in [4.78, 5) is 22.2. The van der Waals surface area contributed by atoms with E-state index in [2.05, 4.69) is 20.2 Å². The van der Waals surface area contributed by atoms with Gasteiger partial charge in [0.15, 0.2) is 11.5 Å². The lowest BCUT2D eigenvalue weighted by Crippen LogP contribution is -2.40. The molecule has 2 rings (SSSR count). The highest BCUT2D eigenvalue weighted by atomic mass is 16.5. The Balaban J connectivity index is 1.72. The number of likely N-dealkylation sites (tertiary alicyclic amines) is 1. The molecule has 2 heterocycles. The van der Waals surface area contributed by atoms with Crippen LogP contribution in [-0.2, 0) is 4.74 Å². The van der Waals surface area contributed by atoms with E-state index < -0.39 is 0 Å². The third-order valence-electron chi connectivity index (χ3n) is 3.81. The molecule has 0 spiro atoms. The van der Waals surface area contributed by atoms with Crippen LogP contribution in [-0.4, -0.2) is 60.7 Å². The van der Waals surface area contributed by atoms with Crippen molar-refractivity contribution in [1.82, 2.24) is 20.2 Å². The molecular weight excluding hydrogens is 270 g/mol. The maximum absolute atomic E-state index is 12.0. The van der Waals surface area contributed by atoms with Crippen LogP contribution in [0.25, 0.3) is 0 Å². The molecule has 1 saturated heterocycles. The number of carbonyl (C=O) groups is 1. The minimum atomic E-state index is -0.248. The molecule has 1 amide bonds. The quantitative estimate of drug-likeness (QED) is 0.775. The Hall–Kier alpha value is -1.73. The summed E-state index contributed by atoms with van der Waals surface area (Å²) < 4.78 is 5.09. The number of carbonyl (C=O) groups excluding carboxylic acids is 1. The fourth-order valence-corrected chi connectivity index (χ4v) is 2.48. The van der Waals surface area contributed by atoms with Gasteiger partial charge in [0, 0.05) is 32.6 Å². The van der Waals surface area contributed by atoms with Crippen molar-refractivity contribution in [3.63, 3.8) is 0 Å². The van der Waals surface area contributed by atoms with Gasteiger partial charge in [-0.15, -0.1) is 0 Å². The van der Waals surface area contributed by atoms with Crippen LogP contribution in [0.5, 0.6) is 0 Å². The molecule has 0 unspecified atom stereocenters. The first-order valence-electron chi connectivity index (χ1n) is 7.26. The second kappa shape index (κ2) is 7.90. The Morgan fingerprint density at radius 1 is 1.43 bits per heavy atom. The molecule has 21 heavy (non-hydrogen) atoms. The number of nitrogen functional groups attached to an aromatic ring is 1. The number of ether oxygens (including phenoxy) is 1. The van der Waals surface area contributed by atoms with E-state index in [1.807, 2.05) is 0 Å². The van der Waals surface area contributed by atoms with Crippen molar-refractivity contribution in [3.8, 4) is 0 Å². The maximum Gasteiger partial charge on any atom is 0.273 e. The zero-order valence-electron chi connectivity index (χ0n) is 12.4. The zero-order valence-corrected chi connectivity index (χ0v) is 12.4. The van der Waals surface area contributed by atoms with Gasteiger partial charge in [0.05, 0.1) is 6.61 Å². The number of hydrogen-bond donors (Lipinski definition) is 2. The molecule has 0 radical (unpaired) electrons. The van der Waals surface area contributed by atoms with Gasteiger partial charge in [-0.25, -0.2) is 9.97 Å². The van der Waals surface area contributed by atoms with Crippen molar-refractivity contribution in [1.29, 1.82) is 0 Å². The van der Waals surface area contributed by atoms with Crippen LogP contribution < -0.4 is 11.1 Å². The molecule has 7 nitrogen and oxygen atoms in total. The Kier molecular flexibility index (Phi) is 5.89. The highest BCUT2D eigenvalue weighted by Gasteiger charge is 2.20. The summed E-state index contributed by atoms with van der Waals surface area (Å²) in [7, 11) is 1.72. The van der Waals surface area contributed by atoms with E-state index in [0.29, 0.717) is 12.5 Å². The van der Waals surface area contributed by atoms with Gasteiger partial charge in [-0.1, -0.05) is 0 Å². The normalized spacial score (nSPS) is 16.8. The molecule has 1 aromatic rings. The molecule has 116 valence electrons. The van der Waals surface area contributed by atoms with Crippen LogP contribution in [0.15, 0.2) is 12.4 Å². The number of rotatable bonds is 6. The SMILES string of the molecule is COCCN1CCC(CNC(=O)c2nccnc2N)CC1. The number of aromatic nitrogens is 2. The summed E-state index contributed by atoms with van der Waals surface area (Å²) in [6.07, 6.45) is 5.11. The van der Waals surface area contributed by atoms with E-state index in [1.54, 1.807) is 7.11 Å². The van der Waals surface area contributed by atoms with Gasteiger partial charge in [0.1, 0.15) is 0 Å². The molecular formula is C14H23N5O2. The highest BCUT2D eigenvalue weighted by Crippen LogP contribution is 2.16. The number of nitrogens with two attached hydrogens (primary N) is 1. The summed E-state index contributed by atoms with van der Waals surface area (Å²) in [6.45, 7) is 4.51. The van der Waals surface area contributed by atoms with Gasteiger partial charge in [-0.3, -0.25) is 4.79 Å². The highest BCUT2D eigenvalue weighted by molar-refractivity contribution is 5.96. The molecule has 0 saturated carbocycles. The van der Waals surface area contributed by atoms with Crippen molar-refractivity contribution >= 4 is 11.7 Å². The number of amides is 1. The van der Waals surface area contributed by atoms with E-state index in [9.17, 15) is 4.79 Å². The molecule has 1 fully saturated rings. The van der Waals surface area contributed by atoms with Crippen LogP contribution in [0, 0.1) is 5.92 Å². The van der Waals surface area contributed by atoms with Gasteiger partial charge >= 0.3 is 0 Å². The molecule has 7 heteroatoms. The van der Waals surface area contributed by atoms with Crippen LogP contribution in [0.3, 0.4) is 0 Å². The summed E-state index contributed by atoms with van der Waals surface area (Å²) in [5.41, 5.74) is 5.85. The molecule has 0 bridgehead atoms.